The highest BCUT2D eigenvalue weighted by Gasteiger charge is 2.24. The zero-order valence-electron chi connectivity index (χ0n) is 11.2. The zero-order valence-corrected chi connectivity index (χ0v) is 11.2. The number of carbonyl (C=O) groups excluding carboxylic acids is 1. The van der Waals surface area contributed by atoms with Crippen molar-refractivity contribution in [2.24, 2.45) is 0 Å². The van der Waals surface area contributed by atoms with Gasteiger partial charge in [-0.1, -0.05) is 19.1 Å². The molecule has 1 aromatic carbocycles. The van der Waals surface area contributed by atoms with Gasteiger partial charge < -0.3 is 10.6 Å². The van der Waals surface area contributed by atoms with E-state index < -0.39 is 0 Å². The lowest BCUT2D eigenvalue weighted by atomic mass is 10.1. The summed E-state index contributed by atoms with van der Waals surface area (Å²) in [5.41, 5.74) is 0.906. The number of hydrogen-bond donors (Lipinski definition) is 2. The van der Waals surface area contributed by atoms with Gasteiger partial charge in [-0.3, -0.25) is 9.69 Å². The maximum Gasteiger partial charge on any atom is 0.234 e. The van der Waals surface area contributed by atoms with E-state index in [4.69, 9.17) is 0 Å². The van der Waals surface area contributed by atoms with Crippen molar-refractivity contribution in [2.45, 2.75) is 19.5 Å². The fourth-order valence-corrected chi connectivity index (χ4v) is 2.07. The van der Waals surface area contributed by atoms with Crippen LogP contribution in [0.25, 0.3) is 0 Å². The molecule has 2 N–H and O–H groups in total. The largest absolute Gasteiger partial charge is 0.351 e. The quantitative estimate of drug-likeness (QED) is 0.797. The Kier molecular flexibility index (Phi) is 4.87. The van der Waals surface area contributed by atoms with E-state index in [0.29, 0.717) is 19.1 Å². The van der Waals surface area contributed by atoms with Gasteiger partial charge in [0.1, 0.15) is 5.82 Å². The van der Waals surface area contributed by atoms with E-state index in [2.05, 4.69) is 22.5 Å². The molecule has 1 heterocycles. The molecule has 0 aromatic heterocycles. The first kappa shape index (κ1) is 14.0. The van der Waals surface area contributed by atoms with Crippen molar-refractivity contribution in [3.8, 4) is 0 Å². The summed E-state index contributed by atoms with van der Waals surface area (Å²) < 4.78 is 12.7. The molecule has 19 heavy (non-hydrogen) atoms. The molecule has 5 heteroatoms. The highest BCUT2D eigenvalue weighted by atomic mass is 19.1. The standard InChI is InChI=1S/C14H20FN3O/c1-2-18(13-8-16-9-13)10-14(19)17-7-11-3-5-12(15)6-4-11/h3-6,13,16H,2,7-10H2,1H3,(H,17,19). The molecule has 1 aromatic rings. The van der Waals surface area contributed by atoms with Gasteiger partial charge in [-0.05, 0) is 24.2 Å². The lowest BCUT2D eigenvalue weighted by Crippen LogP contribution is -2.58. The molecule has 0 radical (unpaired) electrons. The highest BCUT2D eigenvalue weighted by Crippen LogP contribution is 2.05. The Bertz CT molecular complexity index is 417. The molecule has 0 bridgehead atoms. The molecule has 0 aliphatic carbocycles. The second-order valence-corrected chi connectivity index (χ2v) is 4.78. The van der Waals surface area contributed by atoms with Crippen LogP contribution in [0.4, 0.5) is 4.39 Å². The molecule has 0 unspecified atom stereocenters. The first-order valence-electron chi connectivity index (χ1n) is 6.65. The van der Waals surface area contributed by atoms with Crippen LogP contribution in [0.3, 0.4) is 0 Å². The van der Waals surface area contributed by atoms with Crippen molar-refractivity contribution in [1.29, 1.82) is 0 Å². The number of rotatable bonds is 6. The van der Waals surface area contributed by atoms with E-state index in [0.717, 1.165) is 25.2 Å². The molecule has 4 nitrogen and oxygen atoms in total. The van der Waals surface area contributed by atoms with Crippen LogP contribution in [-0.4, -0.2) is 43.0 Å². The lowest BCUT2D eigenvalue weighted by Gasteiger charge is -2.37. The lowest BCUT2D eigenvalue weighted by molar-refractivity contribution is -0.123. The molecule has 0 spiro atoms. The summed E-state index contributed by atoms with van der Waals surface area (Å²) in [5, 5.41) is 6.07. The van der Waals surface area contributed by atoms with Crippen molar-refractivity contribution >= 4 is 5.91 Å². The van der Waals surface area contributed by atoms with E-state index in [1.165, 1.54) is 12.1 Å². The molecule has 0 atom stereocenters. The molecule has 1 aliphatic rings. The van der Waals surface area contributed by atoms with Gasteiger partial charge in [0.15, 0.2) is 0 Å². The van der Waals surface area contributed by atoms with Gasteiger partial charge in [-0.2, -0.15) is 0 Å². The normalized spacial score (nSPS) is 15.3. The number of nitrogens with one attached hydrogen (secondary N) is 2. The number of nitrogens with zero attached hydrogens (tertiary/aromatic N) is 1. The molecule has 1 fully saturated rings. The van der Waals surface area contributed by atoms with Crippen molar-refractivity contribution < 1.29 is 9.18 Å². The number of hydrogen-bond acceptors (Lipinski definition) is 3. The molecule has 1 amide bonds. The third-order valence-electron chi connectivity index (χ3n) is 3.43. The second-order valence-electron chi connectivity index (χ2n) is 4.78. The van der Waals surface area contributed by atoms with Gasteiger partial charge in [0.05, 0.1) is 6.54 Å². The summed E-state index contributed by atoms with van der Waals surface area (Å²) in [5.74, 6) is -0.247. The monoisotopic (exact) mass is 265 g/mol. The Balaban J connectivity index is 1.75. The predicted octanol–water partition coefficient (Wildman–Crippen LogP) is 0.736. The average Bonchev–Trinajstić information content (AvgIpc) is 2.35. The summed E-state index contributed by atoms with van der Waals surface area (Å²) in [6, 6.07) is 6.65. The van der Waals surface area contributed by atoms with Crippen molar-refractivity contribution in [3.05, 3.63) is 35.6 Å². The molecule has 1 saturated heterocycles. The summed E-state index contributed by atoms with van der Waals surface area (Å²) in [7, 11) is 0. The van der Waals surface area contributed by atoms with Crippen molar-refractivity contribution in [3.63, 3.8) is 0 Å². The van der Waals surface area contributed by atoms with Gasteiger partial charge in [0.2, 0.25) is 5.91 Å². The van der Waals surface area contributed by atoms with Crippen LogP contribution in [0.15, 0.2) is 24.3 Å². The van der Waals surface area contributed by atoms with Gasteiger partial charge in [0, 0.05) is 25.7 Å². The fourth-order valence-electron chi connectivity index (χ4n) is 2.07. The average molecular weight is 265 g/mol. The van der Waals surface area contributed by atoms with Gasteiger partial charge in [-0.15, -0.1) is 0 Å². The van der Waals surface area contributed by atoms with Crippen LogP contribution in [-0.2, 0) is 11.3 Å². The number of likely N-dealkylation sites (N-methyl/N-ethyl adjacent to an activating group) is 1. The van der Waals surface area contributed by atoms with Gasteiger partial charge >= 0.3 is 0 Å². The maximum atomic E-state index is 12.7. The summed E-state index contributed by atoms with van der Waals surface area (Å²) >= 11 is 0. The number of benzene rings is 1. The molecular weight excluding hydrogens is 245 g/mol. The van der Waals surface area contributed by atoms with E-state index in [1.807, 2.05) is 0 Å². The van der Waals surface area contributed by atoms with E-state index in [9.17, 15) is 9.18 Å². The Hall–Kier alpha value is -1.46. The topological polar surface area (TPSA) is 44.4 Å². The van der Waals surface area contributed by atoms with E-state index in [-0.39, 0.29) is 11.7 Å². The number of amides is 1. The molecule has 0 saturated carbocycles. The first-order valence-corrected chi connectivity index (χ1v) is 6.65. The van der Waals surface area contributed by atoms with Crippen LogP contribution < -0.4 is 10.6 Å². The minimum Gasteiger partial charge on any atom is -0.351 e. The third-order valence-corrected chi connectivity index (χ3v) is 3.43. The van der Waals surface area contributed by atoms with Crippen LogP contribution in [0.5, 0.6) is 0 Å². The van der Waals surface area contributed by atoms with E-state index >= 15 is 0 Å². The Morgan fingerprint density at radius 3 is 2.63 bits per heavy atom. The van der Waals surface area contributed by atoms with Crippen LogP contribution >= 0.6 is 0 Å². The molecule has 1 aliphatic heterocycles. The third kappa shape index (κ3) is 4.01. The van der Waals surface area contributed by atoms with Gasteiger partial charge in [0.25, 0.3) is 0 Å². The Labute approximate surface area is 113 Å². The van der Waals surface area contributed by atoms with Crippen molar-refractivity contribution in [2.75, 3.05) is 26.2 Å². The van der Waals surface area contributed by atoms with Crippen LogP contribution in [0, 0.1) is 5.82 Å². The van der Waals surface area contributed by atoms with E-state index in [1.54, 1.807) is 12.1 Å². The van der Waals surface area contributed by atoms with Crippen LogP contribution in [0.1, 0.15) is 12.5 Å². The Morgan fingerprint density at radius 2 is 2.11 bits per heavy atom. The fraction of sp³-hybridized carbons (Fsp3) is 0.500. The summed E-state index contributed by atoms with van der Waals surface area (Å²) in [4.78, 5) is 14.0. The second kappa shape index (κ2) is 6.63. The smallest absolute Gasteiger partial charge is 0.234 e. The molecule has 2 rings (SSSR count). The number of carbonyl (C=O) groups is 1. The zero-order chi connectivity index (χ0) is 13.7. The van der Waals surface area contributed by atoms with Gasteiger partial charge in [-0.25, -0.2) is 4.39 Å². The minimum atomic E-state index is -0.260. The SMILES string of the molecule is CCN(CC(=O)NCc1ccc(F)cc1)C1CNC1. The summed E-state index contributed by atoms with van der Waals surface area (Å²) in [6.45, 7) is 5.71. The maximum absolute atomic E-state index is 12.7. The number of halogens is 1. The molecule has 104 valence electrons. The highest BCUT2D eigenvalue weighted by molar-refractivity contribution is 5.78. The Morgan fingerprint density at radius 1 is 1.42 bits per heavy atom. The first-order chi connectivity index (χ1) is 9.19. The van der Waals surface area contributed by atoms with Crippen LogP contribution in [0.2, 0.25) is 0 Å². The summed E-state index contributed by atoms with van der Waals surface area (Å²) in [6.07, 6.45) is 0. The molecular formula is C14H20FN3O. The van der Waals surface area contributed by atoms with Crippen molar-refractivity contribution in [1.82, 2.24) is 15.5 Å². The minimum absolute atomic E-state index is 0.0121. The predicted molar refractivity (Wildman–Crippen MR) is 72.2 cm³/mol.